The van der Waals surface area contributed by atoms with Crippen molar-refractivity contribution in [3.63, 3.8) is 0 Å². The molecule has 1 aromatic heterocycles. The van der Waals surface area contributed by atoms with Crippen LogP contribution in [0.3, 0.4) is 0 Å². The van der Waals surface area contributed by atoms with Gasteiger partial charge < -0.3 is 9.88 Å². The van der Waals surface area contributed by atoms with Crippen molar-refractivity contribution in [2.45, 2.75) is 45.7 Å². The molecule has 1 aliphatic heterocycles. The number of nitrogens with zero attached hydrogens (tertiary/aromatic N) is 3. The van der Waals surface area contributed by atoms with Crippen LogP contribution in [-0.2, 0) is 11.3 Å². The van der Waals surface area contributed by atoms with Crippen LogP contribution in [0, 0.1) is 0 Å². The van der Waals surface area contributed by atoms with Crippen molar-refractivity contribution in [2.24, 2.45) is 0 Å². The Hall–Kier alpha value is -2.21. The van der Waals surface area contributed by atoms with Crippen LogP contribution in [-0.4, -0.2) is 51.4 Å². The molecule has 6 nitrogen and oxygen atoms in total. The van der Waals surface area contributed by atoms with Crippen molar-refractivity contribution >= 4 is 16.8 Å². The Kier molecular flexibility index (Phi) is 5.48. The summed E-state index contributed by atoms with van der Waals surface area (Å²) in [6.45, 7) is 6.85. The maximum Gasteiger partial charge on any atom is 0.258 e. The molecule has 0 radical (unpaired) electrons. The van der Waals surface area contributed by atoms with Crippen LogP contribution < -0.4 is 5.56 Å². The molecule has 1 aromatic carbocycles. The van der Waals surface area contributed by atoms with Crippen molar-refractivity contribution in [3.8, 4) is 0 Å². The van der Waals surface area contributed by atoms with Crippen LogP contribution in [0.1, 0.15) is 38.9 Å². The van der Waals surface area contributed by atoms with Gasteiger partial charge >= 0.3 is 0 Å². The van der Waals surface area contributed by atoms with E-state index in [1.807, 2.05) is 36.9 Å². The van der Waals surface area contributed by atoms with Crippen LogP contribution in [0.2, 0.25) is 0 Å². The first-order valence-corrected chi connectivity index (χ1v) is 9.11. The highest BCUT2D eigenvalue weighted by Gasteiger charge is 2.26. The standard InChI is InChI=1S/C19H26N4O2/c1-3-22(14(2)19(25)23-11-7-4-8-12-23)13-17-20-16-10-6-5-9-15(16)18(24)21-17/h5-6,9-10,14H,3-4,7-8,11-13H2,1-2H3,(H,20,21,24). The number of fused-ring (bicyclic) bond motifs is 1. The summed E-state index contributed by atoms with van der Waals surface area (Å²) in [5.74, 6) is 0.772. The number of hydrogen-bond donors (Lipinski definition) is 1. The van der Waals surface area contributed by atoms with Gasteiger partial charge in [0, 0.05) is 13.1 Å². The molecule has 134 valence electrons. The smallest absolute Gasteiger partial charge is 0.258 e. The molecule has 1 atom stereocenters. The molecule has 2 aromatic rings. The highest BCUT2D eigenvalue weighted by Crippen LogP contribution is 2.14. The lowest BCUT2D eigenvalue weighted by molar-refractivity contribution is -0.137. The second-order valence-electron chi connectivity index (χ2n) is 6.65. The lowest BCUT2D eigenvalue weighted by Gasteiger charge is -2.33. The highest BCUT2D eigenvalue weighted by molar-refractivity contribution is 5.81. The molecule has 1 unspecified atom stereocenters. The molecule has 0 aliphatic carbocycles. The van der Waals surface area contributed by atoms with E-state index < -0.39 is 0 Å². The molecule has 0 saturated carbocycles. The van der Waals surface area contributed by atoms with Crippen LogP contribution in [0.15, 0.2) is 29.1 Å². The number of likely N-dealkylation sites (N-methyl/N-ethyl adjacent to an activating group) is 1. The lowest BCUT2D eigenvalue weighted by atomic mass is 10.1. The Morgan fingerprint density at radius 1 is 1.28 bits per heavy atom. The summed E-state index contributed by atoms with van der Waals surface area (Å²) in [6, 6.07) is 7.09. The zero-order chi connectivity index (χ0) is 17.8. The number of H-pyrrole nitrogens is 1. The number of aromatic amines is 1. The quantitative estimate of drug-likeness (QED) is 0.904. The number of aromatic nitrogens is 2. The van der Waals surface area contributed by atoms with Crippen molar-refractivity contribution in [1.29, 1.82) is 0 Å². The Labute approximate surface area is 147 Å². The van der Waals surface area contributed by atoms with Gasteiger partial charge in [0.15, 0.2) is 0 Å². The van der Waals surface area contributed by atoms with Gasteiger partial charge in [0.25, 0.3) is 5.56 Å². The first-order valence-electron chi connectivity index (χ1n) is 9.11. The molecule has 25 heavy (non-hydrogen) atoms. The number of likely N-dealkylation sites (tertiary alicyclic amines) is 1. The third-order valence-corrected chi connectivity index (χ3v) is 4.99. The van der Waals surface area contributed by atoms with E-state index in [0.29, 0.717) is 23.3 Å². The van der Waals surface area contributed by atoms with E-state index in [2.05, 4.69) is 14.9 Å². The fourth-order valence-electron chi connectivity index (χ4n) is 3.46. The predicted molar refractivity (Wildman–Crippen MR) is 98.3 cm³/mol. The summed E-state index contributed by atoms with van der Waals surface area (Å²) in [5.41, 5.74) is 0.555. The van der Waals surface area contributed by atoms with E-state index in [9.17, 15) is 9.59 Å². The van der Waals surface area contributed by atoms with Gasteiger partial charge in [-0.3, -0.25) is 14.5 Å². The minimum atomic E-state index is -0.222. The number of amides is 1. The van der Waals surface area contributed by atoms with E-state index >= 15 is 0 Å². The summed E-state index contributed by atoms with van der Waals surface area (Å²) in [7, 11) is 0. The number of rotatable bonds is 5. The second kappa shape index (κ2) is 7.78. The number of carbonyl (C=O) groups excluding carboxylic acids is 1. The van der Waals surface area contributed by atoms with Crippen molar-refractivity contribution in [2.75, 3.05) is 19.6 Å². The number of piperidine rings is 1. The van der Waals surface area contributed by atoms with Gasteiger partial charge in [-0.25, -0.2) is 4.98 Å². The van der Waals surface area contributed by atoms with Crippen LogP contribution in [0.5, 0.6) is 0 Å². The molecule has 2 heterocycles. The highest BCUT2D eigenvalue weighted by atomic mass is 16.2. The number of benzene rings is 1. The molecular weight excluding hydrogens is 316 g/mol. The van der Waals surface area contributed by atoms with Gasteiger partial charge in [0.05, 0.1) is 23.5 Å². The molecule has 6 heteroatoms. The summed E-state index contributed by atoms with van der Waals surface area (Å²) < 4.78 is 0. The first-order chi connectivity index (χ1) is 12.1. The second-order valence-corrected chi connectivity index (χ2v) is 6.65. The average Bonchev–Trinajstić information content (AvgIpc) is 2.65. The monoisotopic (exact) mass is 342 g/mol. The average molecular weight is 342 g/mol. The van der Waals surface area contributed by atoms with Crippen molar-refractivity contribution in [1.82, 2.24) is 19.8 Å². The zero-order valence-electron chi connectivity index (χ0n) is 15.0. The Bertz CT molecular complexity index is 795. The van der Waals surface area contributed by atoms with Gasteiger partial charge in [-0.2, -0.15) is 0 Å². The molecule has 1 aliphatic rings. The third kappa shape index (κ3) is 3.90. The third-order valence-electron chi connectivity index (χ3n) is 4.99. The van der Waals surface area contributed by atoms with E-state index in [0.717, 1.165) is 32.5 Å². The van der Waals surface area contributed by atoms with Crippen LogP contribution in [0.25, 0.3) is 10.9 Å². The fourth-order valence-corrected chi connectivity index (χ4v) is 3.46. The summed E-state index contributed by atoms with van der Waals surface area (Å²) in [4.78, 5) is 36.4. The molecule has 1 N–H and O–H groups in total. The SMILES string of the molecule is CCN(Cc1nc2ccccc2c(=O)[nH]1)C(C)C(=O)N1CCCCC1. The maximum absolute atomic E-state index is 12.8. The number of hydrogen-bond acceptors (Lipinski definition) is 4. The van der Waals surface area contributed by atoms with Crippen LogP contribution in [0.4, 0.5) is 0 Å². The predicted octanol–water partition coefficient (Wildman–Crippen LogP) is 2.15. The molecular formula is C19H26N4O2. The maximum atomic E-state index is 12.8. The molecule has 3 rings (SSSR count). The van der Waals surface area contributed by atoms with Crippen LogP contribution >= 0.6 is 0 Å². The number of nitrogens with one attached hydrogen (secondary N) is 1. The first kappa shape index (κ1) is 17.6. The van der Waals surface area contributed by atoms with Crippen molar-refractivity contribution in [3.05, 3.63) is 40.4 Å². The minimum Gasteiger partial charge on any atom is -0.341 e. The normalized spacial score (nSPS) is 16.4. The summed E-state index contributed by atoms with van der Waals surface area (Å²) in [6.07, 6.45) is 3.38. The van der Waals surface area contributed by atoms with Gasteiger partial charge in [-0.15, -0.1) is 0 Å². The minimum absolute atomic E-state index is 0.133. The topological polar surface area (TPSA) is 69.3 Å². The van der Waals surface area contributed by atoms with E-state index in [-0.39, 0.29) is 17.5 Å². The molecule has 1 amide bonds. The zero-order valence-corrected chi connectivity index (χ0v) is 15.0. The fraction of sp³-hybridized carbons (Fsp3) is 0.526. The Morgan fingerprint density at radius 2 is 2.00 bits per heavy atom. The van der Waals surface area contributed by atoms with Crippen molar-refractivity contribution < 1.29 is 4.79 Å². The number of carbonyl (C=O) groups is 1. The molecule has 1 saturated heterocycles. The van der Waals surface area contributed by atoms with E-state index in [1.54, 1.807) is 6.07 Å². The van der Waals surface area contributed by atoms with Gasteiger partial charge in [-0.1, -0.05) is 19.1 Å². The lowest BCUT2D eigenvalue weighted by Crippen LogP contribution is -2.48. The molecule has 0 bridgehead atoms. The van der Waals surface area contributed by atoms with Gasteiger partial charge in [0.2, 0.25) is 5.91 Å². The number of para-hydroxylation sites is 1. The summed E-state index contributed by atoms with van der Waals surface area (Å²) in [5, 5.41) is 0.590. The molecule has 1 fully saturated rings. The Balaban J connectivity index is 1.77. The van der Waals surface area contributed by atoms with Gasteiger partial charge in [-0.05, 0) is 44.9 Å². The Morgan fingerprint density at radius 3 is 2.72 bits per heavy atom. The van der Waals surface area contributed by atoms with E-state index in [4.69, 9.17) is 0 Å². The molecule has 0 spiro atoms. The van der Waals surface area contributed by atoms with Gasteiger partial charge in [0.1, 0.15) is 5.82 Å². The summed E-state index contributed by atoms with van der Waals surface area (Å²) >= 11 is 0. The van der Waals surface area contributed by atoms with E-state index in [1.165, 1.54) is 6.42 Å². The largest absolute Gasteiger partial charge is 0.341 e.